The van der Waals surface area contributed by atoms with E-state index < -0.39 is 9.93 Å². The van der Waals surface area contributed by atoms with Gasteiger partial charge in [-0.05, 0) is 19.3 Å². The van der Waals surface area contributed by atoms with E-state index in [0.29, 0.717) is 6.42 Å². The first kappa shape index (κ1) is 14.1. The van der Waals surface area contributed by atoms with Crippen LogP contribution in [0, 0.1) is 11.8 Å². The lowest BCUT2D eigenvalue weighted by Crippen LogP contribution is -2.45. The molecule has 94 valence electrons. The van der Waals surface area contributed by atoms with Gasteiger partial charge >= 0.3 is 0 Å². The van der Waals surface area contributed by atoms with Crippen molar-refractivity contribution in [3.63, 3.8) is 0 Å². The molecule has 0 bridgehead atoms. The van der Waals surface area contributed by atoms with E-state index in [9.17, 15) is 9.90 Å². The predicted molar refractivity (Wildman–Crippen MR) is 65.6 cm³/mol. The van der Waals surface area contributed by atoms with Crippen LogP contribution in [0.1, 0.15) is 33.6 Å². The first-order valence-corrected chi connectivity index (χ1v) is 6.34. The van der Waals surface area contributed by atoms with E-state index in [4.69, 9.17) is 23.2 Å². The molecule has 0 spiro atoms. The summed E-state index contributed by atoms with van der Waals surface area (Å²) in [6.07, 6.45) is 1.36. The Morgan fingerprint density at radius 3 is 2.56 bits per heavy atom. The van der Waals surface area contributed by atoms with Crippen LogP contribution in [-0.2, 0) is 4.79 Å². The SMILES string of the molecule is CCC(C)C(C)(O)CNC(=O)C1CC1(Cl)Cl. The van der Waals surface area contributed by atoms with Crippen LogP contribution >= 0.6 is 23.2 Å². The summed E-state index contributed by atoms with van der Waals surface area (Å²) < 4.78 is -0.897. The molecule has 1 rings (SSSR count). The summed E-state index contributed by atoms with van der Waals surface area (Å²) in [4.78, 5) is 11.6. The molecule has 1 amide bonds. The first-order chi connectivity index (χ1) is 7.20. The summed E-state index contributed by atoms with van der Waals surface area (Å²) >= 11 is 11.6. The molecule has 1 fully saturated rings. The van der Waals surface area contributed by atoms with Crippen molar-refractivity contribution in [3.8, 4) is 0 Å². The monoisotopic (exact) mass is 267 g/mol. The number of aliphatic hydroxyl groups is 1. The Bertz CT molecular complexity index is 279. The predicted octanol–water partition coefficient (Wildman–Crippen LogP) is 2.09. The van der Waals surface area contributed by atoms with E-state index in [1.807, 2.05) is 13.8 Å². The number of rotatable bonds is 5. The van der Waals surface area contributed by atoms with Crippen molar-refractivity contribution in [2.75, 3.05) is 6.54 Å². The smallest absolute Gasteiger partial charge is 0.226 e. The molecule has 0 saturated heterocycles. The number of hydrogen-bond acceptors (Lipinski definition) is 2. The molecule has 1 saturated carbocycles. The number of carbonyl (C=O) groups is 1. The Labute approximate surface area is 106 Å². The molecule has 0 aromatic carbocycles. The Balaban J connectivity index is 2.37. The lowest BCUT2D eigenvalue weighted by Gasteiger charge is -2.29. The van der Waals surface area contributed by atoms with Crippen molar-refractivity contribution in [1.82, 2.24) is 5.32 Å². The van der Waals surface area contributed by atoms with Crippen LogP contribution in [0.5, 0.6) is 0 Å². The molecule has 0 aromatic heterocycles. The molecular formula is C11H19Cl2NO2. The zero-order chi connectivity index (χ0) is 12.6. The third-order valence-electron chi connectivity index (χ3n) is 3.44. The second kappa shape index (κ2) is 4.71. The molecule has 0 heterocycles. The van der Waals surface area contributed by atoms with Gasteiger partial charge in [0.2, 0.25) is 5.91 Å². The Morgan fingerprint density at radius 2 is 2.19 bits per heavy atom. The van der Waals surface area contributed by atoms with Gasteiger partial charge in [-0.2, -0.15) is 0 Å². The minimum absolute atomic E-state index is 0.128. The summed E-state index contributed by atoms with van der Waals surface area (Å²) in [5.74, 6) is -0.374. The van der Waals surface area contributed by atoms with Gasteiger partial charge < -0.3 is 10.4 Å². The topological polar surface area (TPSA) is 49.3 Å². The fourth-order valence-electron chi connectivity index (χ4n) is 1.50. The number of hydrogen-bond donors (Lipinski definition) is 2. The van der Waals surface area contributed by atoms with E-state index in [2.05, 4.69) is 5.32 Å². The highest BCUT2D eigenvalue weighted by Gasteiger charge is 2.56. The normalized spacial score (nSPS) is 28.0. The first-order valence-electron chi connectivity index (χ1n) is 5.58. The van der Waals surface area contributed by atoms with Gasteiger partial charge in [0.05, 0.1) is 11.5 Å². The van der Waals surface area contributed by atoms with Crippen LogP contribution in [0.2, 0.25) is 0 Å². The molecule has 1 aliphatic carbocycles. The van der Waals surface area contributed by atoms with Crippen LogP contribution in [0.4, 0.5) is 0 Å². The van der Waals surface area contributed by atoms with Crippen molar-refractivity contribution in [2.45, 2.75) is 43.5 Å². The summed E-state index contributed by atoms with van der Waals surface area (Å²) in [6.45, 7) is 5.92. The Hall–Kier alpha value is 0.01000. The lowest BCUT2D eigenvalue weighted by atomic mass is 9.88. The van der Waals surface area contributed by atoms with E-state index >= 15 is 0 Å². The highest BCUT2D eigenvalue weighted by molar-refractivity contribution is 6.52. The number of halogens is 2. The van der Waals surface area contributed by atoms with Crippen molar-refractivity contribution >= 4 is 29.1 Å². The van der Waals surface area contributed by atoms with Gasteiger partial charge in [-0.25, -0.2) is 0 Å². The number of alkyl halides is 2. The maximum atomic E-state index is 11.6. The fraction of sp³-hybridized carbons (Fsp3) is 0.909. The van der Waals surface area contributed by atoms with E-state index in [1.54, 1.807) is 6.92 Å². The van der Waals surface area contributed by atoms with Gasteiger partial charge in [-0.3, -0.25) is 4.79 Å². The molecular weight excluding hydrogens is 249 g/mol. The average Bonchev–Trinajstić information content (AvgIpc) is 2.83. The third kappa shape index (κ3) is 3.25. The fourth-order valence-corrected chi connectivity index (χ4v) is 2.01. The molecule has 0 aromatic rings. The largest absolute Gasteiger partial charge is 0.388 e. The molecule has 0 radical (unpaired) electrons. The molecule has 3 unspecified atom stereocenters. The Morgan fingerprint density at radius 1 is 1.69 bits per heavy atom. The van der Waals surface area contributed by atoms with Crippen LogP contribution < -0.4 is 5.32 Å². The van der Waals surface area contributed by atoms with Crippen molar-refractivity contribution in [3.05, 3.63) is 0 Å². The average molecular weight is 268 g/mol. The molecule has 3 nitrogen and oxygen atoms in total. The maximum Gasteiger partial charge on any atom is 0.226 e. The molecule has 1 aliphatic rings. The number of amides is 1. The maximum absolute atomic E-state index is 11.6. The second-order valence-corrected chi connectivity index (χ2v) is 6.44. The summed E-state index contributed by atoms with van der Waals surface area (Å²) in [5.41, 5.74) is -0.888. The van der Waals surface area contributed by atoms with Crippen LogP contribution in [-0.4, -0.2) is 27.5 Å². The number of nitrogens with one attached hydrogen (secondary N) is 1. The van der Waals surface area contributed by atoms with Gasteiger partial charge in [0.25, 0.3) is 0 Å². The van der Waals surface area contributed by atoms with Crippen LogP contribution in [0.15, 0.2) is 0 Å². The van der Waals surface area contributed by atoms with Gasteiger partial charge in [-0.1, -0.05) is 20.3 Å². The summed E-state index contributed by atoms with van der Waals surface area (Å²) in [5, 5.41) is 12.8. The molecule has 2 N–H and O–H groups in total. The molecule has 0 aliphatic heterocycles. The van der Waals surface area contributed by atoms with Gasteiger partial charge in [-0.15, -0.1) is 23.2 Å². The summed E-state index contributed by atoms with van der Waals surface area (Å²) in [6, 6.07) is 0. The zero-order valence-electron chi connectivity index (χ0n) is 9.89. The van der Waals surface area contributed by atoms with Gasteiger partial charge in [0.15, 0.2) is 0 Å². The van der Waals surface area contributed by atoms with Crippen molar-refractivity contribution in [1.29, 1.82) is 0 Å². The van der Waals surface area contributed by atoms with Gasteiger partial charge in [0.1, 0.15) is 4.33 Å². The standard InChI is InChI=1S/C11H19Cl2NO2/c1-4-7(2)10(3,16)6-14-9(15)8-5-11(8,12)13/h7-8,16H,4-6H2,1-3H3,(H,14,15). The van der Waals surface area contributed by atoms with Crippen LogP contribution in [0.3, 0.4) is 0 Å². The zero-order valence-corrected chi connectivity index (χ0v) is 11.4. The quantitative estimate of drug-likeness (QED) is 0.750. The number of carbonyl (C=O) groups excluding carboxylic acids is 1. The van der Waals surface area contributed by atoms with E-state index in [0.717, 1.165) is 6.42 Å². The van der Waals surface area contributed by atoms with Crippen molar-refractivity contribution in [2.24, 2.45) is 11.8 Å². The summed E-state index contributed by atoms with van der Waals surface area (Å²) in [7, 11) is 0. The molecule has 16 heavy (non-hydrogen) atoms. The highest BCUT2D eigenvalue weighted by Crippen LogP contribution is 2.53. The highest BCUT2D eigenvalue weighted by atomic mass is 35.5. The third-order valence-corrected chi connectivity index (χ3v) is 4.27. The Kier molecular flexibility index (Phi) is 4.14. The van der Waals surface area contributed by atoms with E-state index in [-0.39, 0.29) is 24.3 Å². The van der Waals surface area contributed by atoms with Gasteiger partial charge in [0, 0.05) is 6.54 Å². The lowest BCUT2D eigenvalue weighted by molar-refractivity contribution is -0.124. The second-order valence-electron chi connectivity index (χ2n) is 4.90. The minimum Gasteiger partial charge on any atom is -0.388 e. The van der Waals surface area contributed by atoms with Crippen LogP contribution in [0.25, 0.3) is 0 Å². The molecule has 5 heteroatoms. The van der Waals surface area contributed by atoms with E-state index in [1.165, 1.54) is 0 Å². The minimum atomic E-state index is -0.897. The molecule has 3 atom stereocenters. The van der Waals surface area contributed by atoms with Crippen molar-refractivity contribution < 1.29 is 9.90 Å².